The van der Waals surface area contributed by atoms with E-state index < -0.39 is 0 Å². The van der Waals surface area contributed by atoms with Crippen molar-refractivity contribution in [3.63, 3.8) is 0 Å². The van der Waals surface area contributed by atoms with Crippen molar-refractivity contribution in [2.75, 3.05) is 11.9 Å². The molecule has 2 aromatic heterocycles. The van der Waals surface area contributed by atoms with E-state index >= 15 is 0 Å². The molecule has 3 heterocycles. The van der Waals surface area contributed by atoms with Crippen LogP contribution >= 0.6 is 11.6 Å². The first-order valence-electron chi connectivity index (χ1n) is 11.0. The zero-order valence-corrected chi connectivity index (χ0v) is 19.0. The van der Waals surface area contributed by atoms with Crippen LogP contribution in [0.1, 0.15) is 35.2 Å². The second kappa shape index (κ2) is 9.80. The standard InChI is InChI=1S/C25H23ClN4O4/c26-20-11-16(33-15-5-2-1-3-6-15)9-10-18(20)23(32)19-12-27-24-22(19)25(29-14-28-24)30-21-8-4-7-17(13-31)34-21/h1-3,5-6,9-12,14,17,21,31H,4,7-8,13H2,(H2,27,28,29,30)/t17-,21-/m1/s1. The van der Waals surface area contributed by atoms with Gasteiger partial charge in [-0.25, -0.2) is 9.97 Å². The zero-order chi connectivity index (χ0) is 23.5. The van der Waals surface area contributed by atoms with Gasteiger partial charge in [0.05, 0.1) is 28.7 Å². The molecule has 5 rings (SSSR count). The maximum atomic E-state index is 13.5. The fourth-order valence-corrected chi connectivity index (χ4v) is 4.31. The van der Waals surface area contributed by atoms with Crippen molar-refractivity contribution in [2.24, 2.45) is 0 Å². The minimum absolute atomic E-state index is 0.0340. The van der Waals surface area contributed by atoms with Crippen LogP contribution in [-0.4, -0.2) is 44.8 Å². The van der Waals surface area contributed by atoms with Crippen molar-refractivity contribution in [3.05, 3.63) is 77.2 Å². The monoisotopic (exact) mass is 478 g/mol. The number of hydrogen-bond acceptors (Lipinski definition) is 7. The Morgan fingerprint density at radius 1 is 1.15 bits per heavy atom. The maximum Gasteiger partial charge on any atom is 0.196 e. The van der Waals surface area contributed by atoms with Crippen molar-refractivity contribution < 1.29 is 19.4 Å². The number of H-pyrrole nitrogens is 1. The number of rotatable bonds is 7. The van der Waals surface area contributed by atoms with Gasteiger partial charge in [-0.05, 0) is 43.5 Å². The van der Waals surface area contributed by atoms with Crippen molar-refractivity contribution in [2.45, 2.75) is 31.6 Å². The highest BCUT2D eigenvalue weighted by Crippen LogP contribution is 2.32. The number of ketones is 1. The molecule has 0 saturated carbocycles. The van der Waals surface area contributed by atoms with Crippen molar-refractivity contribution >= 4 is 34.2 Å². The first-order valence-corrected chi connectivity index (χ1v) is 11.4. The summed E-state index contributed by atoms with van der Waals surface area (Å²) < 4.78 is 11.7. The van der Waals surface area contributed by atoms with E-state index in [1.54, 1.807) is 24.4 Å². The van der Waals surface area contributed by atoms with Gasteiger partial charge in [0.2, 0.25) is 0 Å². The Kier molecular flexibility index (Phi) is 6.44. The molecule has 34 heavy (non-hydrogen) atoms. The molecular weight excluding hydrogens is 456 g/mol. The molecule has 0 radical (unpaired) electrons. The van der Waals surface area contributed by atoms with E-state index in [9.17, 15) is 9.90 Å². The number of anilines is 1. The average Bonchev–Trinajstić information content (AvgIpc) is 3.30. The number of halogens is 1. The first kappa shape index (κ1) is 22.3. The Labute approximate surface area is 200 Å². The van der Waals surface area contributed by atoms with E-state index in [2.05, 4.69) is 20.3 Å². The lowest BCUT2D eigenvalue weighted by atomic mass is 10.0. The van der Waals surface area contributed by atoms with Gasteiger partial charge in [-0.2, -0.15) is 0 Å². The Morgan fingerprint density at radius 2 is 2.00 bits per heavy atom. The van der Waals surface area contributed by atoms with Crippen LogP contribution in [0.25, 0.3) is 11.0 Å². The van der Waals surface area contributed by atoms with Crippen LogP contribution in [0.3, 0.4) is 0 Å². The summed E-state index contributed by atoms with van der Waals surface area (Å²) in [6, 6.07) is 14.3. The van der Waals surface area contributed by atoms with Gasteiger partial charge in [0.1, 0.15) is 35.5 Å². The van der Waals surface area contributed by atoms with Gasteiger partial charge in [0, 0.05) is 17.8 Å². The molecule has 1 saturated heterocycles. The first-order chi connectivity index (χ1) is 16.6. The lowest BCUT2D eigenvalue weighted by Crippen LogP contribution is -2.35. The molecule has 9 heteroatoms. The molecule has 0 bridgehead atoms. The molecule has 0 spiro atoms. The SMILES string of the molecule is O=C(c1ccc(Oc2ccccc2)cc1Cl)c1c[nH]c2ncnc(N[C@H]3CCC[C@H](CO)O3)c12. The third-order valence-corrected chi connectivity index (χ3v) is 6.04. The molecule has 0 unspecified atom stereocenters. The van der Waals surface area contributed by atoms with Gasteiger partial charge in [0.25, 0.3) is 0 Å². The summed E-state index contributed by atoms with van der Waals surface area (Å²) in [5, 5.41) is 13.5. The molecule has 0 amide bonds. The molecule has 2 atom stereocenters. The van der Waals surface area contributed by atoms with Crippen LogP contribution in [0, 0.1) is 0 Å². The molecule has 0 aliphatic carbocycles. The molecule has 174 valence electrons. The molecule has 1 aliphatic rings. The Balaban J connectivity index is 1.42. The minimum atomic E-state index is -0.320. The van der Waals surface area contributed by atoms with Crippen molar-refractivity contribution in [1.82, 2.24) is 15.0 Å². The van der Waals surface area contributed by atoms with Gasteiger partial charge < -0.3 is 24.9 Å². The number of nitrogens with zero attached hydrogens (tertiary/aromatic N) is 2. The highest BCUT2D eigenvalue weighted by Gasteiger charge is 2.25. The van der Waals surface area contributed by atoms with Crippen molar-refractivity contribution in [1.29, 1.82) is 0 Å². The Bertz CT molecular complexity index is 1310. The third kappa shape index (κ3) is 4.61. The van der Waals surface area contributed by atoms with Gasteiger partial charge in [-0.3, -0.25) is 4.79 Å². The van der Waals surface area contributed by atoms with Crippen LogP contribution in [0.4, 0.5) is 5.82 Å². The second-order valence-electron chi connectivity index (χ2n) is 8.04. The lowest BCUT2D eigenvalue weighted by molar-refractivity contribution is -0.0593. The number of ether oxygens (including phenoxy) is 2. The number of aromatic nitrogens is 3. The van der Waals surface area contributed by atoms with Crippen LogP contribution in [-0.2, 0) is 4.74 Å². The van der Waals surface area contributed by atoms with E-state index in [0.717, 1.165) is 19.3 Å². The maximum absolute atomic E-state index is 13.5. The number of aromatic amines is 1. The zero-order valence-electron chi connectivity index (χ0n) is 18.2. The molecule has 4 aromatic rings. The molecule has 1 fully saturated rings. The van der Waals surface area contributed by atoms with Gasteiger partial charge >= 0.3 is 0 Å². The normalized spacial score (nSPS) is 18.1. The summed E-state index contributed by atoms with van der Waals surface area (Å²) >= 11 is 6.48. The number of benzene rings is 2. The predicted octanol–water partition coefficient (Wildman–Crippen LogP) is 4.93. The van der Waals surface area contributed by atoms with Crippen LogP contribution in [0.15, 0.2) is 61.1 Å². The van der Waals surface area contributed by atoms with Crippen LogP contribution in [0.2, 0.25) is 5.02 Å². The number of hydrogen-bond donors (Lipinski definition) is 3. The molecule has 3 N–H and O–H groups in total. The number of aliphatic hydroxyl groups is 1. The number of nitrogens with one attached hydrogen (secondary N) is 2. The summed E-state index contributed by atoms with van der Waals surface area (Å²) in [5.41, 5.74) is 1.26. The van der Waals surface area contributed by atoms with Gasteiger partial charge in [0.15, 0.2) is 5.78 Å². The van der Waals surface area contributed by atoms with E-state index in [0.29, 0.717) is 39.5 Å². The summed E-state index contributed by atoms with van der Waals surface area (Å²) in [7, 11) is 0. The number of carbonyl (C=O) groups excluding carboxylic acids is 1. The number of aliphatic hydroxyl groups excluding tert-OH is 1. The average molecular weight is 479 g/mol. The minimum Gasteiger partial charge on any atom is -0.457 e. The molecule has 8 nitrogen and oxygen atoms in total. The summed E-state index contributed by atoms with van der Waals surface area (Å²) in [6.07, 6.45) is 4.99. The quantitative estimate of drug-likeness (QED) is 0.323. The number of carbonyl (C=O) groups is 1. The summed E-state index contributed by atoms with van der Waals surface area (Å²) in [5.74, 6) is 1.43. The lowest BCUT2D eigenvalue weighted by Gasteiger charge is -2.29. The van der Waals surface area contributed by atoms with Crippen LogP contribution < -0.4 is 10.1 Å². The number of para-hydroxylation sites is 1. The summed E-state index contributed by atoms with van der Waals surface area (Å²) in [6.45, 7) is -0.0340. The predicted molar refractivity (Wildman–Crippen MR) is 129 cm³/mol. The Hall–Kier alpha value is -3.46. The summed E-state index contributed by atoms with van der Waals surface area (Å²) in [4.78, 5) is 25.1. The smallest absolute Gasteiger partial charge is 0.196 e. The van der Waals surface area contributed by atoms with E-state index in [4.69, 9.17) is 21.1 Å². The second-order valence-corrected chi connectivity index (χ2v) is 8.45. The topological polar surface area (TPSA) is 109 Å². The highest BCUT2D eigenvalue weighted by molar-refractivity contribution is 6.35. The molecule has 1 aliphatic heterocycles. The molecular formula is C25H23ClN4O4. The highest BCUT2D eigenvalue weighted by atomic mass is 35.5. The Morgan fingerprint density at radius 3 is 2.79 bits per heavy atom. The largest absolute Gasteiger partial charge is 0.457 e. The van der Waals surface area contributed by atoms with E-state index in [1.165, 1.54) is 6.33 Å². The van der Waals surface area contributed by atoms with Crippen molar-refractivity contribution in [3.8, 4) is 11.5 Å². The van der Waals surface area contributed by atoms with Gasteiger partial charge in [-0.1, -0.05) is 29.8 Å². The third-order valence-electron chi connectivity index (χ3n) is 5.73. The fraction of sp³-hybridized carbons (Fsp3) is 0.240. The fourth-order valence-electron chi connectivity index (χ4n) is 4.06. The number of fused-ring (bicyclic) bond motifs is 1. The van der Waals surface area contributed by atoms with Gasteiger partial charge in [-0.15, -0.1) is 0 Å². The van der Waals surface area contributed by atoms with E-state index in [-0.39, 0.29) is 29.7 Å². The van der Waals surface area contributed by atoms with Crippen LogP contribution in [0.5, 0.6) is 11.5 Å². The van der Waals surface area contributed by atoms with E-state index in [1.807, 2.05) is 30.3 Å². The molecule has 2 aromatic carbocycles.